The summed E-state index contributed by atoms with van der Waals surface area (Å²) in [4.78, 5) is 12.2. The van der Waals surface area contributed by atoms with Gasteiger partial charge in [0.2, 0.25) is 0 Å². The van der Waals surface area contributed by atoms with Gasteiger partial charge in [-0.15, -0.1) is 0 Å². The standard InChI is InChI=1S/C16H25N3O/c1-12-7-6-8-13(2)19(12)18-16(20)15(17)11-14-9-4-3-5-10-14/h3-5,9-10,12-13,15H,6-8,11,17H2,1-2H3,(H,18,20). The summed E-state index contributed by atoms with van der Waals surface area (Å²) >= 11 is 0. The summed E-state index contributed by atoms with van der Waals surface area (Å²) in [5.41, 5.74) is 10.1. The Hall–Kier alpha value is -1.39. The maximum atomic E-state index is 12.2. The second kappa shape index (κ2) is 6.86. The van der Waals surface area contributed by atoms with Crippen molar-refractivity contribution in [1.29, 1.82) is 0 Å². The van der Waals surface area contributed by atoms with Crippen LogP contribution in [-0.2, 0) is 11.2 Å². The van der Waals surface area contributed by atoms with Gasteiger partial charge in [-0.1, -0.05) is 36.8 Å². The van der Waals surface area contributed by atoms with Gasteiger partial charge in [0.1, 0.15) is 0 Å². The predicted octanol–water partition coefficient (Wildman–Crippen LogP) is 1.85. The summed E-state index contributed by atoms with van der Waals surface area (Å²) in [5, 5.41) is 2.07. The van der Waals surface area contributed by atoms with Crippen LogP contribution >= 0.6 is 0 Å². The minimum atomic E-state index is -0.501. The summed E-state index contributed by atoms with van der Waals surface area (Å²) in [5.74, 6) is -0.0885. The van der Waals surface area contributed by atoms with Crippen molar-refractivity contribution in [2.45, 2.75) is 57.7 Å². The molecule has 0 saturated carbocycles. The van der Waals surface area contributed by atoms with Gasteiger partial charge in [0.05, 0.1) is 6.04 Å². The van der Waals surface area contributed by atoms with Gasteiger partial charge in [0.25, 0.3) is 5.91 Å². The number of nitrogens with two attached hydrogens (primary N) is 1. The highest BCUT2D eigenvalue weighted by Crippen LogP contribution is 2.20. The largest absolute Gasteiger partial charge is 0.320 e. The Labute approximate surface area is 121 Å². The minimum Gasteiger partial charge on any atom is -0.320 e. The normalized spacial score (nSPS) is 25.1. The molecule has 4 nitrogen and oxygen atoms in total. The van der Waals surface area contributed by atoms with E-state index in [1.165, 1.54) is 6.42 Å². The maximum Gasteiger partial charge on any atom is 0.251 e. The molecule has 0 radical (unpaired) electrons. The summed E-state index contributed by atoms with van der Waals surface area (Å²) in [6.07, 6.45) is 4.05. The average Bonchev–Trinajstić information content (AvgIpc) is 2.44. The van der Waals surface area contributed by atoms with Crippen molar-refractivity contribution >= 4 is 5.91 Å². The molecule has 1 aliphatic rings. The van der Waals surface area contributed by atoms with Crippen LogP contribution < -0.4 is 11.2 Å². The number of hydrazine groups is 1. The van der Waals surface area contributed by atoms with E-state index in [1.54, 1.807) is 0 Å². The van der Waals surface area contributed by atoms with Crippen molar-refractivity contribution in [2.75, 3.05) is 0 Å². The molecule has 0 spiro atoms. The summed E-state index contributed by atoms with van der Waals surface area (Å²) in [6.45, 7) is 4.30. The van der Waals surface area contributed by atoms with Crippen LogP contribution in [0.3, 0.4) is 0 Å². The zero-order valence-corrected chi connectivity index (χ0v) is 12.4. The smallest absolute Gasteiger partial charge is 0.251 e. The second-order valence-corrected chi connectivity index (χ2v) is 5.81. The van der Waals surface area contributed by atoms with Gasteiger partial charge in [-0.3, -0.25) is 10.2 Å². The van der Waals surface area contributed by atoms with E-state index >= 15 is 0 Å². The highest BCUT2D eigenvalue weighted by Gasteiger charge is 2.27. The maximum absolute atomic E-state index is 12.2. The Morgan fingerprint density at radius 3 is 2.50 bits per heavy atom. The van der Waals surface area contributed by atoms with Crippen molar-refractivity contribution in [3.63, 3.8) is 0 Å². The molecule has 3 atom stereocenters. The van der Waals surface area contributed by atoms with E-state index in [4.69, 9.17) is 5.73 Å². The lowest BCUT2D eigenvalue weighted by Crippen LogP contribution is -2.57. The molecule has 3 unspecified atom stereocenters. The summed E-state index contributed by atoms with van der Waals surface area (Å²) in [6, 6.07) is 10.2. The zero-order chi connectivity index (χ0) is 14.5. The fraction of sp³-hybridized carbons (Fsp3) is 0.562. The molecule has 1 aromatic carbocycles. The molecular formula is C16H25N3O. The van der Waals surface area contributed by atoms with Crippen LogP contribution in [-0.4, -0.2) is 29.0 Å². The highest BCUT2D eigenvalue weighted by molar-refractivity contribution is 5.81. The first-order chi connectivity index (χ1) is 9.58. The number of rotatable bonds is 4. The van der Waals surface area contributed by atoms with Gasteiger partial charge in [0.15, 0.2) is 0 Å². The monoisotopic (exact) mass is 275 g/mol. The van der Waals surface area contributed by atoms with Crippen LogP contribution in [0.2, 0.25) is 0 Å². The SMILES string of the molecule is CC1CCCC(C)N1NC(=O)C(N)Cc1ccccc1. The first kappa shape index (κ1) is 15.0. The molecule has 1 aromatic rings. The molecule has 1 aliphatic heterocycles. The van der Waals surface area contributed by atoms with Crippen molar-refractivity contribution in [2.24, 2.45) is 5.73 Å². The van der Waals surface area contributed by atoms with Crippen molar-refractivity contribution in [3.05, 3.63) is 35.9 Å². The number of carbonyl (C=O) groups excluding carboxylic acids is 1. The molecule has 4 heteroatoms. The van der Waals surface area contributed by atoms with E-state index in [0.717, 1.165) is 18.4 Å². The number of nitrogens with one attached hydrogen (secondary N) is 1. The first-order valence-electron chi connectivity index (χ1n) is 7.46. The van der Waals surface area contributed by atoms with Crippen LogP contribution in [0.25, 0.3) is 0 Å². The summed E-state index contributed by atoms with van der Waals surface area (Å²) in [7, 11) is 0. The summed E-state index contributed by atoms with van der Waals surface area (Å²) < 4.78 is 0. The van der Waals surface area contributed by atoms with E-state index in [-0.39, 0.29) is 5.91 Å². The number of amides is 1. The van der Waals surface area contributed by atoms with Gasteiger partial charge in [-0.2, -0.15) is 0 Å². The van der Waals surface area contributed by atoms with E-state index in [9.17, 15) is 4.79 Å². The minimum absolute atomic E-state index is 0.0885. The molecule has 2 rings (SSSR count). The third kappa shape index (κ3) is 3.81. The zero-order valence-electron chi connectivity index (χ0n) is 12.4. The molecule has 0 aliphatic carbocycles. The van der Waals surface area contributed by atoms with E-state index in [1.807, 2.05) is 30.3 Å². The fourth-order valence-electron chi connectivity index (χ4n) is 2.81. The van der Waals surface area contributed by atoms with Crippen molar-refractivity contribution in [1.82, 2.24) is 10.4 Å². The Balaban J connectivity index is 1.90. The Kier molecular flexibility index (Phi) is 5.15. The second-order valence-electron chi connectivity index (χ2n) is 5.81. The molecule has 1 fully saturated rings. The lowest BCUT2D eigenvalue weighted by atomic mass is 9.99. The number of piperidine rings is 1. The molecule has 1 amide bonds. The number of carbonyl (C=O) groups is 1. The first-order valence-corrected chi connectivity index (χ1v) is 7.46. The van der Waals surface area contributed by atoms with Gasteiger partial charge >= 0.3 is 0 Å². The molecule has 0 aromatic heterocycles. The van der Waals surface area contributed by atoms with E-state index in [2.05, 4.69) is 24.3 Å². The van der Waals surface area contributed by atoms with Crippen LogP contribution in [0.15, 0.2) is 30.3 Å². The number of hydrogen-bond donors (Lipinski definition) is 2. The van der Waals surface area contributed by atoms with Crippen molar-refractivity contribution in [3.8, 4) is 0 Å². The number of benzene rings is 1. The van der Waals surface area contributed by atoms with Gasteiger partial charge in [-0.25, -0.2) is 5.01 Å². The van der Waals surface area contributed by atoms with Crippen LogP contribution in [0.5, 0.6) is 0 Å². The molecule has 1 saturated heterocycles. The lowest BCUT2D eigenvalue weighted by Gasteiger charge is -2.39. The van der Waals surface area contributed by atoms with Crippen LogP contribution in [0.4, 0.5) is 0 Å². The lowest BCUT2D eigenvalue weighted by molar-refractivity contribution is -0.130. The van der Waals surface area contributed by atoms with E-state index in [0.29, 0.717) is 18.5 Å². The Morgan fingerprint density at radius 2 is 1.90 bits per heavy atom. The average molecular weight is 275 g/mol. The molecular weight excluding hydrogens is 250 g/mol. The molecule has 110 valence electrons. The van der Waals surface area contributed by atoms with Crippen LogP contribution in [0, 0.1) is 0 Å². The predicted molar refractivity (Wildman–Crippen MR) is 80.9 cm³/mol. The van der Waals surface area contributed by atoms with Gasteiger partial charge in [0, 0.05) is 12.1 Å². The molecule has 0 bridgehead atoms. The van der Waals surface area contributed by atoms with Gasteiger partial charge < -0.3 is 5.73 Å². The highest BCUT2D eigenvalue weighted by atomic mass is 16.2. The Bertz CT molecular complexity index is 425. The third-order valence-corrected chi connectivity index (χ3v) is 4.07. The molecule has 1 heterocycles. The molecule has 3 N–H and O–H groups in total. The third-order valence-electron chi connectivity index (χ3n) is 4.07. The van der Waals surface area contributed by atoms with Crippen LogP contribution in [0.1, 0.15) is 38.7 Å². The van der Waals surface area contributed by atoms with Gasteiger partial charge in [-0.05, 0) is 38.7 Å². The van der Waals surface area contributed by atoms with E-state index < -0.39 is 6.04 Å². The fourth-order valence-corrected chi connectivity index (χ4v) is 2.81. The number of nitrogens with zero attached hydrogens (tertiary/aromatic N) is 1. The van der Waals surface area contributed by atoms with Crippen molar-refractivity contribution < 1.29 is 4.79 Å². The number of hydrogen-bond acceptors (Lipinski definition) is 3. The topological polar surface area (TPSA) is 58.4 Å². The Morgan fingerprint density at radius 1 is 1.30 bits per heavy atom. The molecule has 20 heavy (non-hydrogen) atoms. The quantitative estimate of drug-likeness (QED) is 0.881.